The molecule has 3 aromatic rings. The third kappa shape index (κ3) is 28.1. The fourth-order valence-corrected chi connectivity index (χ4v) is 24.6. The highest BCUT2D eigenvalue weighted by atomic mass is 31.2. The van der Waals surface area contributed by atoms with Crippen LogP contribution in [0.5, 0.6) is 0 Å². The zero-order chi connectivity index (χ0) is 88.1. The minimum Gasteiger partial charge on any atom is -0.393 e. The molecule has 120 heavy (non-hydrogen) atoms. The van der Waals surface area contributed by atoms with Crippen LogP contribution in [0.2, 0.25) is 0 Å². The van der Waals surface area contributed by atoms with E-state index in [9.17, 15) is 68.5 Å². The summed E-state index contributed by atoms with van der Waals surface area (Å²) in [7, 11) is -17.4. The van der Waals surface area contributed by atoms with Crippen molar-refractivity contribution in [3.63, 3.8) is 0 Å². The van der Waals surface area contributed by atoms with Gasteiger partial charge in [0.05, 0.1) is 100 Å². The minimum absolute atomic E-state index is 0.000975. The highest BCUT2D eigenvalue weighted by Crippen LogP contribution is 2.69. The van der Waals surface area contributed by atoms with Gasteiger partial charge in [0.15, 0.2) is 0 Å². The Morgan fingerprint density at radius 3 is 1.17 bits per heavy atom. The van der Waals surface area contributed by atoms with Crippen LogP contribution in [0.25, 0.3) is 11.1 Å². The monoisotopic (exact) mass is 1770 g/mol. The summed E-state index contributed by atoms with van der Waals surface area (Å²) in [4.78, 5) is 40.7. The standard InChI is InChI=1S/C33H59O7P.C23H31O7P.C17H27O7P.C15H29O7P/c1-20(2)18-29-31(30(35)22(4)39-29)40-41(36,37)38-17-7-8-21(3)26-11-12-27-25-10-9-23-19-24(34)13-15-32(23,5)28(25)14-16-33(26,27)6;1-15(2)12-21-23(22(25)16(3)29-21)30-31(26,27)28-14-18-6-10-20(11-7-18)19-8-4-17(13-24)5-9-19;1-11(2)8-15-17(16(19)12(3)23-15)24-25(20,21)22-10-14-6-4-13(9-18)5-7-14;1-9(2)8-13-15(14(17)10(3)20-13)22-23(18,19)21-12-6-4-11(16)5-7-12/h20-31,34-35H,7-19H2,1-6H3,(H,36,37);4-11,15-16,21-25H,12-14H2,1-3H3,(H,26,27);4-7,11-12,15-19H,8-10H2,1-3H3,(H,20,21);9-17H,4-8H2,1-3H3,(H,18,19)/t21-,22+,23?,24-,25+,26-,27+,28+,29-,30+,31-,32+,33-;16-,21+,22-,23+;12-,15+,16-,17+;10-,11?,12?,13+,14-,15+/m1000/s1. The fourth-order valence-electron chi connectivity index (χ4n) is 20.5. The van der Waals surface area contributed by atoms with E-state index in [1.54, 1.807) is 52.0 Å². The fraction of sp³-hybridized carbons (Fsp3) is 0.795. The Hall–Kier alpha value is -2.38. The molecule has 32 heteroatoms. The van der Waals surface area contributed by atoms with Crippen molar-refractivity contribution in [3.8, 4) is 11.1 Å². The van der Waals surface area contributed by atoms with E-state index in [2.05, 4.69) is 34.6 Å². The van der Waals surface area contributed by atoms with E-state index in [-0.39, 0.29) is 57.1 Å². The molecule has 9 fully saturated rings. The van der Waals surface area contributed by atoms with E-state index in [4.69, 9.17) is 65.4 Å². The smallest absolute Gasteiger partial charge is 0.393 e. The van der Waals surface area contributed by atoms with E-state index >= 15 is 0 Å². The van der Waals surface area contributed by atoms with Gasteiger partial charge in [0.2, 0.25) is 0 Å². The molecule has 5 aliphatic carbocycles. The first-order chi connectivity index (χ1) is 56.3. The number of phosphoric acid groups is 4. The predicted molar refractivity (Wildman–Crippen MR) is 453 cm³/mol. The third-order valence-electron chi connectivity index (χ3n) is 26.9. The third-order valence-corrected chi connectivity index (χ3v) is 31.0. The minimum atomic E-state index is -4.39. The molecule has 0 bridgehead atoms. The van der Waals surface area contributed by atoms with Gasteiger partial charge in [-0.05, 0) is 253 Å². The van der Waals surface area contributed by atoms with Crippen LogP contribution in [0, 0.1) is 70.0 Å². The number of hydrogen-bond acceptors (Lipinski definition) is 24. The van der Waals surface area contributed by atoms with Gasteiger partial charge < -0.3 is 79.4 Å². The quantitative estimate of drug-likeness (QED) is 0.0199. The maximum atomic E-state index is 12.8. The van der Waals surface area contributed by atoms with Crippen molar-refractivity contribution in [2.45, 2.75) is 368 Å². The highest BCUT2D eigenvalue weighted by Gasteiger charge is 2.61. The Labute approximate surface area is 712 Å². The van der Waals surface area contributed by atoms with Crippen molar-refractivity contribution in [2.75, 3.05) is 6.61 Å². The average molecular weight is 1780 g/mol. The highest BCUT2D eigenvalue weighted by molar-refractivity contribution is 7.48. The van der Waals surface area contributed by atoms with E-state index in [0.717, 1.165) is 65.7 Å². The second-order valence-corrected chi connectivity index (χ2v) is 43.6. The number of aliphatic hydroxyl groups is 8. The zero-order valence-corrected chi connectivity index (χ0v) is 76.9. The molecule has 5 saturated carbocycles. The molecular weight excluding hydrogens is 1630 g/mol. The van der Waals surface area contributed by atoms with Gasteiger partial charge in [0.1, 0.15) is 48.8 Å². The molecule has 5 unspecified atom stereocenters. The van der Waals surface area contributed by atoms with Crippen molar-refractivity contribution in [2.24, 2.45) is 70.0 Å². The van der Waals surface area contributed by atoms with Crippen molar-refractivity contribution >= 4 is 31.3 Å². The summed E-state index contributed by atoms with van der Waals surface area (Å²) in [5.41, 5.74) is 5.75. The van der Waals surface area contributed by atoms with Crippen LogP contribution in [0.15, 0.2) is 72.8 Å². The van der Waals surface area contributed by atoms with Crippen LogP contribution in [0.1, 0.15) is 248 Å². The molecule has 4 saturated heterocycles. The number of fused-ring (bicyclic) bond motifs is 5. The van der Waals surface area contributed by atoms with Crippen LogP contribution >= 0.6 is 31.3 Å². The maximum Gasteiger partial charge on any atom is 0.472 e. The number of phosphoric ester groups is 4. The summed E-state index contributed by atoms with van der Waals surface area (Å²) in [5, 5.41) is 79.1. The largest absolute Gasteiger partial charge is 0.472 e. The van der Waals surface area contributed by atoms with E-state index < -0.39 is 135 Å². The van der Waals surface area contributed by atoms with Gasteiger partial charge >= 0.3 is 31.3 Å². The number of hydrogen-bond donors (Lipinski definition) is 12. The molecule has 686 valence electrons. The summed E-state index contributed by atoms with van der Waals surface area (Å²) >= 11 is 0. The molecule has 12 rings (SSSR count). The normalized spacial score (nSPS) is 37.1. The molecule has 0 radical (unpaired) electrons. The lowest BCUT2D eigenvalue weighted by Crippen LogP contribution is -2.54. The molecule has 3 aromatic carbocycles. The lowest BCUT2D eigenvalue weighted by Gasteiger charge is -2.61. The van der Waals surface area contributed by atoms with Crippen LogP contribution < -0.4 is 0 Å². The van der Waals surface area contributed by atoms with Crippen molar-refractivity contribution < 1.29 is 134 Å². The van der Waals surface area contributed by atoms with Gasteiger partial charge in [-0.25, -0.2) is 18.3 Å². The summed E-state index contributed by atoms with van der Waals surface area (Å²) in [6.07, 6.45) is 5.50. The molecule has 29 atom stereocenters. The van der Waals surface area contributed by atoms with E-state index in [1.165, 1.54) is 44.9 Å². The molecule has 9 aliphatic rings. The molecule has 0 aromatic heterocycles. The molecule has 0 spiro atoms. The number of rotatable bonds is 33. The Morgan fingerprint density at radius 2 is 0.767 bits per heavy atom. The second-order valence-electron chi connectivity index (χ2n) is 38.0. The van der Waals surface area contributed by atoms with Gasteiger partial charge in [-0.3, -0.25) is 36.2 Å². The first kappa shape index (κ1) is 101. The second kappa shape index (κ2) is 44.8. The molecule has 4 aliphatic heterocycles. The summed E-state index contributed by atoms with van der Waals surface area (Å²) in [6.45, 7) is 30.4. The lowest BCUT2D eigenvalue weighted by atomic mass is 9.44. The Balaban J connectivity index is 0.000000187. The first-order valence-corrected chi connectivity index (χ1v) is 50.2. The number of aliphatic hydroxyl groups excluding tert-OH is 8. The lowest BCUT2D eigenvalue weighted by molar-refractivity contribution is -0.129. The first-order valence-electron chi connectivity index (χ1n) is 44.2. The van der Waals surface area contributed by atoms with Gasteiger partial charge in [0.25, 0.3) is 0 Å². The molecule has 12 N–H and O–H groups in total. The SMILES string of the molecule is CC(C)C[C@H]1O[C@@H](C)[C@H](O)[C@@H]1OP(=O)(O)OC1CCC(O)CC1.CC(C)C[C@H]1O[C@@H](C)[C@H](O)[C@@H]1OP(=O)(O)OCCC[C@@H](C)[C@H]1CC[C@H]2[C@@H]3CCC4C[C@H](O)CC[C@]4(C)[C@H]3CC[C@]12C.CC(C)C[C@H]1O[C@@H](C)[C@H](O)[C@@H]1OP(=O)(O)OCc1ccc(-c2ccc(CO)cc2)cc1.CC(C)C[C@H]1O[C@@H](C)[C@H](O)[C@@H]1OP(=O)(O)OCc1ccc(CO)cc1. The molecule has 28 nitrogen and oxygen atoms in total. The van der Waals surface area contributed by atoms with E-state index in [0.29, 0.717) is 103 Å². The molecule has 0 amide bonds. The summed E-state index contributed by atoms with van der Waals surface area (Å²) < 4.78 is 115. The Bertz CT molecular complexity index is 3770. The molecular formula is C88H146O28P4. The maximum absolute atomic E-state index is 12.8. The molecule has 4 heterocycles. The van der Waals surface area contributed by atoms with Crippen LogP contribution in [-0.2, 0) is 99.8 Å². The topological polar surface area (TPSA) is 422 Å². The van der Waals surface area contributed by atoms with Crippen molar-refractivity contribution in [1.82, 2.24) is 0 Å². The Kier molecular flexibility index (Phi) is 37.8. The van der Waals surface area contributed by atoms with Crippen LogP contribution in [0.4, 0.5) is 0 Å². The van der Waals surface area contributed by atoms with Crippen molar-refractivity contribution in [3.05, 3.63) is 95.1 Å². The average Bonchev–Trinajstić information content (AvgIpc) is 1.42. The van der Waals surface area contributed by atoms with E-state index in [1.807, 2.05) is 90.1 Å². The van der Waals surface area contributed by atoms with Gasteiger partial charge in [0, 0.05) is 0 Å². The van der Waals surface area contributed by atoms with Crippen molar-refractivity contribution in [1.29, 1.82) is 0 Å². The van der Waals surface area contributed by atoms with Crippen LogP contribution in [0.3, 0.4) is 0 Å². The Morgan fingerprint density at radius 1 is 0.408 bits per heavy atom. The van der Waals surface area contributed by atoms with Gasteiger partial charge in [-0.15, -0.1) is 0 Å². The summed E-state index contributed by atoms with van der Waals surface area (Å²) in [6, 6.07) is 21.8. The van der Waals surface area contributed by atoms with Gasteiger partial charge in [-0.1, -0.05) is 149 Å². The zero-order valence-electron chi connectivity index (χ0n) is 73.3. The summed E-state index contributed by atoms with van der Waals surface area (Å²) in [5.74, 6) is 5.59. The van der Waals surface area contributed by atoms with Gasteiger partial charge in [-0.2, -0.15) is 0 Å². The number of ether oxygens (including phenoxy) is 4. The predicted octanol–water partition coefficient (Wildman–Crippen LogP) is 15.5. The van der Waals surface area contributed by atoms with Crippen LogP contribution in [-0.4, -0.2) is 183 Å². The number of benzene rings is 3.